The third kappa shape index (κ3) is 52.5. The molecule has 1 amide bonds. The number of nitrogens with one attached hydrogen (secondary N) is 1. The normalized spacial score (nSPS) is 14.2. The molecule has 3 unspecified atom stereocenters. The van der Waals surface area contributed by atoms with Crippen molar-refractivity contribution < 1.29 is 32.9 Å². The number of likely N-dealkylation sites (N-methyl/N-ethyl adjacent to an activating group) is 1. The van der Waals surface area contributed by atoms with Gasteiger partial charge in [-0.2, -0.15) is 0 Å². The summed E-state index contributed by atoms with van der Waals surface area (Å²) in [5.41, 5.74) is 0. The van der Waals surface area contributed by atoms with E-state index in [9.17, 15) is 19.4 Å². The number of rotatable bonds is 54. The first-order chi connectivity index (χ1) is 33.0. The fourth-order valence-electron chi connectivity index (χ4n) is 8.70. The van der Waals surface area contributed by atoms with E-state index in [2.05, 4.69) is 43.5 Å². The lowest BCUT2D eigenvalue weighted by molar-refractivity contribution is -0.870. The SMILES string of the molecule is CCCCCCCC/C=C\CCCCCCCCCC(=O)NC(COP(=O)(O)OCC[N+](C)(C)C)C(O)/C=C/CC/C=C/CCCCCCCCCCCCCCCCCCCCCCCCC. The largest absolute Gasteiger partial charge is 0.472 e. The Morgan fingerprint density at radius 3 is 1.18 bits per heavy atom. The standard InChI is InChI=1S/C59H115N2O6P/c1-6-8-10-12-14-16-18-20-22-24-25-26-27-28-29-30-31-32-33-34-35-37-38-40-42-44-46-48-50-52-58(62)57(56-67-68(64,65)66-55-54-61(3,4)5)60-59(63)53-51-49-47-45-43-41-39-36-23-21-19-17-15-13-11-9-7-2/h21,23,42,44,50,52,57-58,62H,6-20,22,24-41,43,45-49,51,53-56H2,1-5H3,(H-,60,63,64,65)/p+1/b23-21-,44-42+,52-50+. The predicted octanol–water partition coefficient (Wildman–Crippen LogP) is 17.8. The van der Waals surface area contributed by atoms with Gasteiger partial charge in [-0.3, -0.25) is 13.8 Å². The number of hydrogen-bond acceptors (Lipinski definition) is 5. The predicted molar refractivity (Wildman–Crippen MR) is 295 cm³/mol. The molecule has 0 radical (unpaired) electrons. The molecule has 0 spiro atoms. The molecular formula is C59H116N2O6P+. The molecule has 0 heterocycles. The number of quaternary nitrogens is 1. The van der Waals surface area contributed by atoms with Crippen molar-refractivity contribution in [2.24, 2.45) is 0 Å². The maximum atomic E-state index is 13.0. The minimum absolute atomic E-state index is 0.0558. The smallest absolute Gasteiger partial charge is 0.387 e. The first-order valence-electron chi connectivity index (χ1n) is 29.4. The van der Waals surface area contributed by atoms with Crippen LogP contribution in [-0.2, 0) is 18.4 Å². The third-order valence-corrected chi connectivity index (χ3v) is 14.3. The highest BCUT2D eigenvalue weighted by Gasteiger charge is 2.27. The molecule has 0 aromatic carbocycles. The Labute approximate surface area is 423 Å². The molecule has 0 aliphatic heterocycles. The number of allylic oxidation sites excluding steroid dienone is 5. The summed E-state index contributed by atoms with van der Waals surface area (Å²) in [4.78, 5) is 23.3. The summed E-state index contributed by atoms with van der Waals surface area (Å²) in [5, 5.41) is 13.9. The fourth-order valence-corrected chi connectivity index (χ4v) is 9.44. The molecule has 0 aromatic heterocycles. The van der Waals surface area contributed by atoms with Crippen LogP contribution in [0.25, 0.3) is 0 Å². The van der Waals surface area contributed by atoms with E-state index in [4.69, 9.17) is 9.05 Å². The lowest BCUT2D eigenvalue weighted by atomic mass is 10.0. The van der Waals surface area contributed by atoms with Gasteiger partial charge in [-0.05, 0) is 57.8 Å². The number of unbranched alkanes of at least 4 members (excludes halogenated alkanes) is 37. The quantitative estimate of drug-likeness (QED) is 0.0243. The van der Waals surface area contributed by atoms with E-state index in [0.717, 1.165) is 38.5 Å². The van der Waals surface area contributed by atoms with Crippen molar-refractivity contribution in [2.45, 2.75) is 296 Å². The Kier molecular flexibility index (Phi) is 49.7. The number of aliphatic hydroxyl groups is 1. The summed E-state index contributed by atoms with van der Waals surface area (Å²) < 4.78 is 23.7. The van der Waals surface area contributed by atoms with Crippen LogP contribution >= 0.6 is 7.82 Å². The van der Waals surface area contributed by atoms with E-state index in [0.29, 0.717) is 17.4 Å². The second kappa shape index (κ2) is 50.7. The molecule has 0 bridgehead atoms. The summed E-state index contributed by atoms with van der Waals surface area (Å²) in [6, 6.07) is -0.865. The molecule has 0 aromatic rings. The number of nitrogens with zero attached hydrogens (tertiary/aromatic N) is 1. The number of carbonyl (C=O) groups is 1. The monoisotopic (exact) mass is 980 g/mol. The van der Waals surface area contributed by atoms with Crippen LogP contribution in [0.15, 0.2) is 36.5 Å². The summed E-state index contributed by atoms with van der Waals surface area (Å²) in [5.74, 6) is -0.189. The van der Waals surface area contributed by atoms with E-state index in [1.165, 1.54) is 225 Å². The first kappa shape index (κ1) is 66.7. The van der Waals surface area contributed by atoms with Crippen molar-refractivity contribution in [1.82, 2.24) is 5.32 Å². The lowest BCUT2D eigenvalue weighted by Crippen LogP contribution is -2.45. The molecule has 3 N–H and O–H groups in total. The van der Waals surface area contributed by atoms with Crippen LogP contribution in [-0.4, -0.2) is 73.4 Å². The number of aliphatic hydroxyl groups excluding tert-OH is 1. The van der Waals surface area contributed by atoms with Crippen LogP contribution in [0.3, 0.4) is 0 Å². The second-order valence-electron chi connectivity index (χ2n) is 21.4. The number of carbonyl (C=O) groups excluding carboxylic acids is 1. The molecular weight excluding hydrogens is 864 g/mol. The van der Waals surface area contributed by atoms with Crippen molar-refractivity contribution in [3.63, 3.8) is 0 Å². The third-order valence-electron chi connectivity index (χ3n) is 13.3. The van der Waals surface area contributed by atoms with Gasteiger partial charge in [0, 0.05) is 6.42 Å². The lowest BCUT2D eigenvalue weighted by Gasteiger charge is -2.25. The topological polar surface area (TPSA) is 105 Å². The second-order valence-corrected chi connectivity index (χ2v) is 22.8. The Hall–Kier alpha value is -1.28. The van der Waals surface area contributed by atoms with E-state index < -0.39 is 20.0 Å². The highest BCUT2D eigenvalue weighted by molar-refractivity contribution is 7.47. The van der Waals surface area contributed by atoms with Crippen LogP contribution < -0.4 is 5.32 Å². The minimum atomic E-state index is -4.35. The van der Waals surface area contributed by atoms with Gasteiger partial charge in [0.05, 0.1) is 39.9 Å². The number of amides is 1. The summed E-state index contributed by atoms with van der Waals surface area (Å²) >= 11 is 0. The highest BCUT2D eigenvalue weighted by atomic mass is 31.2. The molecule has 0 saturated carbocycles. The number of phosphoric acid groups is 1. The van der Waals surface area contributed by atoms with Crippen LogP contribution in [0.5, 0.6) is 0 Å². The van der Waals surface area contributed by atoms with Gasteiger partial charge in [0.1, 0.15) is 13.2 Å². The highest BCUT2D eigenvalue weighted by Crippen LogP contribution is 2.43. The molecule has 9 heteroatoms. The van der Waals surface area contributed by atoms with Gasteiger partial charge in [0.2, 0.25) is 5.91 Å². The van der Waals surface area contributed by atoms with Gasteiger partial charge in [0.25, 0.3) is 0 Å². The molecule has 0 saturated heterocycles. The maximum absolute atomic E-state index is 13.0. The average Bonchev–Trinajstić information content (AvgIpc) is 3.30. The zero-order chi connectivity index (χ0) is 49.9. The van der Waals surface area contributed by atoms with Crippen LogP contribution in [0.2, 0.25) is 0 Å². The zero-order valence-corrected chi connectivity index (χ0v) is 46.8. The minimum Gasteiger partial charge on any atom is -0.387 e. The Morgan fingerprint density at radius 2 is 0.809 bits per heavy atom. The van der Waals surface area contributed by atoms with Crippen molar-refractivity contribution in [3.8, 4) is 0 Å². The fraction of sp³-hybridized carbons (Fsp3) is 0.881. The molecule has 0 aliphatic rings. The molecule has 68 heavy (non-hydrogen) atoms. The Balaban J connectivity index is 4.19. The van der Waals surface area contributed by atoms with Gasteiger partial charge in [0.15, 0.2) is 0 Å². The van der Waals surface area contributed by atoms with Crippen molar-refractivity contribution >= 4 is 13.7 Å². The van der Waals surface area contributed by atoms with Crippen LogP contribution in [0, 0.1) is 0 Å². The van der Waals surface area contributed by atoms with E-state index >= 15 is 0 Å². The van der Waals surface area contributed by atoms with Gasteiger partial charge in [-0.15, -0.1) is 0 Å². The van der Waals surface area contributed by atoms with Crippen LogP contribution in [0.1, 0.15) is 284 Å². The van der Waals surface area contributed by atoms with E-state index in [1.54, 1.807) is 6.08 Å². The Bertz CT molecular complexity index is 1200. The summed E-state index contributed by atoms with van der Waals surface area (Å²) in [7, 11) is 1.56. The Morgan fingerprint density at radius 1 is 0.485 bits per heavy atom. The van der Waals surface area contributed by atoms with Gasteiger partial charge < -0.3 is 19.8 Å². The van der Waals surface area contributed by atoms with E-state index in [-0.39, 0.29) is 19.1 Å². The molecule has 3 atom stereocenters. The first-order valence-corrected chi connectivity index (χ1v) is 30.9. The molecule has 402 valence electrons. The molecule has 0 fully saturated rings. The van der Waals surface area contributed by atoms with Gasteiger partial charge in [-0.1, -0.05) is 256 Å². The van der Waals surface area contributed by atoms with Crippen LogP contribution in [0.4, 0.5) is 0 Å². The van der Waals surface area contributed by atoms with Crippen molar-refractivity contribution in [2.75, 3.05) is 40.9 Å². The summed E-state index contributed by atoms with van der Waals surface area (Å²) in [6.07, 6.45) is 65.5. The maximum Gasteiger partial charge on any atom is 0.472 e. The number of phosphoric ester groups is 1. The molecule has 0 rings (SSSR count). The number of hydrogen-bond donors (Lipinski definition) is 3. The van der Waals surface area contributed by atoms with Gasteiger partial charge >= 0.3 is 7.82 Å². The van der Waals surface area contributed by atoms with Crippen molar-refractivity contribution in [3.05, 3.63) is 36.5 Å². The molecule has 0 aliphatic carbocycles. The molecule has 8 nitrogen and oxygen atoms in total. The van der Waals surface area contributed by atoms with E-state index in [1.807, 2.05) is 27.2 Å². The average molecular weight is 981 g/mol. The van der Waals surface area contributed by atoms with Crippen molar-refractivity contribution in [1.29, 1.82) is 0 Å². The van der Waals surface area contributed by atoms with Gasteiger partial charge in [-0.25, -0.2) is 4.57 Å². The zero-order valence-electron chi connectivity index (χ0n) is 45.9. The summed E-state index contributed by atoms with van der Waals surface area (Å²) in [6.45, 7) is 4.82.